The van der Waals surface area contributed by atoms with Crippen LogP contribution in [0.3, 0.4) is 0 Å². The number of nitrogens with zero attached hydrogens (tertiary/aromatic N) is 7. The number of furan rings is 1. The van der Waals surface area contributed by atoms with Crippen LogP contribution in [0, 0.1) is 0 Å². The highest BCUT2D eigenvalue weighted by molar-refractivity contribution is 6.13. The van der Waals surface area contributed by atoms with E-state index >= 15 is 0 Å². The van der Waals surface area contributed by atoms with Crippen molar-refractivity contribution in [1.29, 1.82) is 0 Å². The zero-order valence-corrected chi connectivity index (χ0v) is 59.6. The molecule has 0 atom stereocenters. The van der Waals surface area contributed by atoms with Crippen molar-refractivity contribution in [2.45, 2.75) is 0 Å². The molecule has 0 saturated heterocycles. The molecule has 0 radical (unpaired) electrons. The molecule has 0 saturated carbocycles. The SMILES string of the molecule is c1ccc(-c2cc(-c3ccc(-c4ccc(-n5c6ccccc6c6ccccc65)cc4)c4ccccc34)nc(-c3ccccc3)n2)cc1.c1ccc(-c2nc(-c3ccc(-c4ccc5c(c4)oc4ccccc45)cc3)cc(-c3cc(-n4c5ccccc5c5ccccc54)cc(-n4c5ccccc5c5ccccc54)c3)n2)cc1. The van der Waals surface area contributed by atoms with Crippen molar-refractivity contribution >= 4 is 98.1 Å². The summed E-state index contributed by atoms with van der Waals surface area (Å²) < 4.78 is 13.4. The fourth-order valence-electron chi connectivity index (χ4n) is 16.4. The van der Waals surface area contributed by atoms with Gasteiger partial charge in [0, 0.05) is 93.5 Å². The zero-order valence-electron chi connectivity index (χ0n) is 59.6. The standard InChI is InChI=1S/C58H36N4O.C44H29N3/c1-2-14-39(15-3-1)58-59-50(38-28-26-37(27-29-38)40-30-31-49-48-20-8-13-25-56(48)63-57(49)34-40)36-51(60-58)41-32-42(61-52-21-9-4-16-44(52)45-17-5-10-22-53(45)61)35-43(33-41)62-54-23-11-6-18-46(54)47-19-7-12-24-55(47)62;1-3-13-31(14-4-1)40-29-41(46-44(45-40)32-15-5-2-6-16-32)37-28-27-34(35-17-7-8-18-36(35)37)30-23-25-33(26-24-30)47-42-21-11-9-19-38(42)39-20-10-12-22-43(39)47/h1-36H;1-29H. The van der Waals surface area contributed by atoms with Crippen molar-refractivity contribution in [3.8, 4) is 107 Å². The molecule has 6 heterocycles. The Bertz CT molecular complexity index is 6970. The van der Waals surface area contributed by atoms with Gasteiger partial charge in [-0.1, -0.05) is 297 Å². The van der Waals surface area contributed by atoms with Crippen LogP contribution in [-0.4, -0.2) is 33.6 Å². The molecular formula is C102H65N7O. The van der Waals surface area contributed by atoms with Gasteiger partial charge in [0.15, 0.2) is 11.6 Å². The van der Waals surface area contributed by atoms with E-state index in [0.717, 1.165) is 140 Å². The summed E-state index contributed by atoms with van der Waals surface area (Å²) in [7, 11) is 0. The predicted octanol–water partition coefficient (Wildman–Crippen LogP) is 26.6. The molecular weight excluding hydrogens is 1340 g/mol. The molecule has 0 aliphatic heterocycles. The first-order valence-corrected chi connectivity index (χ1v) is 37.2. The molecule has 0 N–H and O–H groups in total. The average Bonchev–Trinajstić information content (AvgIpc) is 1.54. The Balaban J connectivity index is 0.000000146. The maximum absolute atomic E-state index is 6.25. The minimum Gasteiger partial charge on any atom is -0.456 e. The van der Waals surface area contributed by atoms with Gasteiger partial charge in [0.1, 0.15) is 11.2 Å². The number of para-hydroxylation sites is 7. The van der Waals surface area contributed by atoms with Gasteiger partial charge in [-0.3, -0.25) is 0 Å². The predicted molar refractivity (Wildman–Crippen MR) is 455 cm³/mol. The average molecular weight is 1400 g/mol. The Labute approximate surface area is 633 Å². The highest BCUT2D eigenvalue weighted by Crippen LogP contribution is 2.43. The summed E-state index contributed by atoms with van der Waals surface area (Å²) in [6.07, 6.45) is 0. The Hall–Kier alpha value is -14.9. The molecule has 0 spiro atoms. The van der Waals surface area contributed by atoms with Crippen LogP contribution < -0.4 is 0 Å². The second-order valence-electron chi connectivity index (χ2n) is 28.0. The molecule has 0 aliphatic carbocycles. The number of hydrogen-bond donors (Lipinski definition) is 0. The Morgan fingerprint density at radius 2 is 0.500 bits per heavy atom. The smallest absolute Gasteiger partial charge is 0.160 e. The van der Waals surface area contributed by atoms with Crippen LogP contribution in [0.15, 0.2) is 399 Å². The first-order chi connectivity index (χ1) is 54.5. The quantitative estimate of drug-likeness (QED) is 0.129. The van der Waals surface area contributed by atoms with E-state index in [-0.39, 0.29) is 0 Å². The van der Waals surface area contributed by atoms with Gasteiger partial charge in [0.05, 0.1) is 55.9 Å². The topological polar surface area (TPSA) is 79.5 Å². The molecule has 514 valence electrons. The lowest BCUT2D eigenvalue weighted by Gasteiger charge is -2.16. The lowest BCUT2D eigenvalue weighted by atomic mass is 9.93. The molecule has 110 heavy (non-hydrogen) atoms. The van der Waals surface area contributed by atoms with Crippen molar-refractivity contribution in [1.82, 2.24) is 33.6 Å². The van der Waals surface area contributed by atoms with Gasteiger partial charge < -0.3 is 18.1 Å². The molecule has 0 unspecified atom stereocenters. The highest BCUT2D eigenvalue weighted by atomic mass is 16.3. The van der Waals surface area contributed by atoms with E-state index in [9.17, 15) is 0 Å². The van der Waals surface area contributed by atoms with Crippen LogP contribution in [0.1, 0.15) is 0 Å². The molecule has 22 rings (SSSR count). The van der Waals surface area contributed by atoms with Crippen LogP contribution in [-0.2, 0) is 0 Å². The van der Waals surface area contributed by atoms with E-state index in [4.69, 9.17) is 24.4 Å². The van der Waals surface area contributed by atoms with E-state index in [0.29, 0.717) is 5.82 Å². The molecule has 6 aromatic heterocycles. The molecule has 0 amide bonds. The molecule has 22 aromatic rings. The van der Waals surface area contributed by atoms with Gasteiger partial charge in [-0.15, -0.1) is 0 Å². The van der Waals surface area contributed by atoms with E-state index in [2.05, 4.69) is 353 Å². The number of fused-ring (bicyclic) bond motifs is 13. The summed E-state index contributed by atoms with van der Waals surface area (Å²) in [5.41, 5.74) is 26.2. The zero-order chi connectivity index (χ0) is 72.6. The van der Waals surface area contributed by atoms with Gasteiger partial charge in [0.25, 0.3) is 0 Å². The number of aromatic nitrogens is 7. The first-order valence-electron chi connectivity index (χ1n) is 37.2. The van der Waals surface area contributed by atoms with Gasteiger partial charge in [0.2, 0.25) is 0 Å². The Morgan fingerprint density at radius 3 is 0.982 bits per heavy atom. The van der Waals surface area contributed by atoms with Crippen LogP contribution in [0.25, 0.3) is 205 Å². The summed E-state index contributed by atoms with van der Waals surface area (Å²) in [6, 6.07) is 139. The lowest BCUT2D eigenvalue weighted by molar-refractivity contribution is 0.669. The normalized spacial score (nSPS) is 11.6. The highest BCUT2D eigenvalue weighted by Gasteiger charge is 2.22. The van der Waals surface area contributed by atoms with Gasteiger partial charge in [-0.2, -0.15) is 0 Å². The monoisotopic (exact) mass is 1400 g/mol. The van der Waals surface area contributed by atoms with Crippen molar-refractivity contribution in [3.05, 3.63) is 394 Å². The largest absolute Gasteiger partial charge is 0.456 e. The molecule has 16 aromatic carbocycles. The third-order valence-corrected chi connectivity index (χ3v) is 21.6. The minimum atomic E-state index is 0.670. The van der Waals surface area contributed by atoms with E-state index in [1.165, 1.54) is 59.9 Å². The summed E-state index contributed by atoms with van der Waals surface area (Å²) in [5.74, 6) is 1.39. The summed E-state index contributed by atoms with van der Waals surface area (Å²) in [4.78, 5) is 20.7. The van der Waals surface area contributed by atoms with Crippen molar-refractivity contribution in [3.63, 3.8) is 0 Å². The van der Waals surface area contributed by atoms with Crippen molar-refractivity contribution < 1.29 is 4.42 Å². The van der Waals surface area contributed by atoms with Crippen LogP contribution in [0.4, 0.5) is 0 Å². The number of hydrogen-bond acceptors (Lipinski definition) is 5. The van der Waals surface area contributed by atoms with Gasteiger partial charge >= 0.3 is 0 Å². The maximum Gasteiger partial charge on any atom is 0.160 e. The van der Waals surface area contributed by atoms with E-state index in [1.807, 2.05) is 54.6 Å². The van der Waals surface area contributed by atoms with E-state index < -0.39 is 0 Å². The minimum absolute atomic E-state index is 0.670. The fraction of sp³-hybridized carbons (Fsp3) is 0. The van der Waals surface area contributed by atoms with Gasteiger partial charge in [-0.05, 0) is 130 Å². The first kappa shape index (κ1) is 63.6. The summed E-state index contributed by atoms with van der Waals surface area (Å²) >= 11 is 0. The van der Waals surface area contributed by atoms with Gasteiger partial charge in [-0.25, -0.2) is 19.9 Å². The summed E-state index contributed by atoms with van der Waals surface area (Å²) in [6.45, 7) is 0. The Kier molecular flexibility index (Phi) is 15.4. The second kappa shape index (κ2) is 26.6. The maximum atomic E-state index is 6.25. The molecule has 0 fully saturated rings. The van der Waals surface area contributed by atoms with E-state index in [1.54, 1.807) is 0 Å². The summed E-state index contributed by atoms with van der Waals surface area (Å²) in [5, 5.41) is 12.0. The van der Waals surface area contributed by atoms with Crippen LogP contribution in [0.2, 0.25) is 0 Å². The molecule has 0 bridgehead atoms. The third-order valence-electron chi connectivity index (χ3n) is 21.6. The molecule has 8 heteroatoms. The third kappa shape index (κ3) is 11.1. The van der Waals surface area contributed by atoms with Crippen LogP contribution >= 0.6 is 0 Å². The van der Waals surface area contributed by atoms with Crippen molar-refractivity contribution in [2.24, 2.45) is 0 Å². The Morgan fingerprint density at radius 1 is 0.173 bits per heavy atom. The number of benzene rings is 16. The molecule has 8 nitrogen and oxygen atoms in total. The van der Waals surface area contributed by atoms with Crippen molar-refractivity contribution in [2.75, 3.05) is 0 Å². The fourth-order valence-corrected chi connectivity index (χ4v) is 16.4. The molecule has 0 aliphatic rings. The second-order valence-corrected chi connectivity index (χ2v) is 28.0. The number of rotatable bonds is 11. The lowest BCUT2D eigenvalue weighted by Crippen LogP contribution is -2.01. The van der Waals surface area contributed by atoms with Crippen LogP contribution in [0.5, 0.6) is 0 Å².